The van der Waals surface area contributed by atoms with Gasteiger partial charge >= 0.3 is 5.97 Å². The van der Waals surface area contributed by atoms with Crippen LogP contribution in [-0.2, 0) is 9.59 Å². The van der Waals surface area contributed by atoms with Gasteiger partial charge in [0.1, 0.15) is 5.54 Å². The Kier molecular flexibility index (Phi) is 3.64. The molecule has 0 aromatic rings. The van der Waals surface area contributed by atoms with Crippen LogP contribution in [0.5, 0.6) is 0 Å². The lowest BCUT2D eigenvalue weighted by Gasteiger charge is -2.44. The quantitative estimate of drug-likeness (QED) is 0.765. The van der Waals surface area contributed by atoms with Crippen molar-refractivity contribution >= 4 is 12.4 Å². The first-order chi connectivity index (χ1) is 8.51. The lowest BCUT2D eigenvalue weighted by Crippen LogP contribution is -2.57. The Labute approximate surface area is 108 Å². The summed E-state index contributed by atoms with van der Waals surface area (Å²) >= 11 is 0. The second-order valence-electron chi connectivity index (χ2n) is 6.16. The van der Waals surface area contributed by atoms with Crippen molar-refractivity contribution in [2.75, 3.05) is 0 Å². The maximum atomic E-state index is 11.7. The van der Waals surface area contributed by atoms with Gasteiger partial charge in [-0.25, -0.2) is 4.79 Å². The standard InChI is InChI=1S/C14H23NO3/c1-10(2)11-5-7-14(8-6-11,13(17)18)15(9-16)12-3-4-12/h9-12H,3-8H2,1-2H3,(H,17,18). The Hall–Kier alpha value is -1.06. The largest absolute Gasteiger partial charge is 0.479 e. The van der Waals surface area contributed by atoms with Gasteiger partial charge in [0.2, 0.25) is 6.41 Å². The van der Waals surface area contributed by atoms with Crippen molar-refractivity contribution in [1.82, 2.24) is 4.90 Å². The van der Waals surface area contributed by atoms with Crippen LogP contribution in [-0.4, -0.2) is 34.0 Å². The summed E-state index contributed by atoms with van der Waals surface area (Å²) in [5.74, 6) is 0.385. The molecule has 2 rings (SSSR count). The van der Waals surface area contributed by atoms with Gasteiger partial charge in [-0.1, -0.05) is 13.8 Å². The zero-order valence-electron chi connectivity index (χ0n) is 11.3. The average molecular weight is 253 g/mol. The Balaban J connectivity index is 2.14. The molecule has 1 amide bonds. The fourth-order valence-electron chi connectivity index (χ4n) is 3.26. The summed E-state index contributed by atoms with van der Waals surface area (Å²) in [5.41, 5.74) is -0.922. The first-order valence-corrected chi connectivity index (χ1v) is 6.98. The van der Waals surface area contributed by atoms with E-state index >= 15 is 0 Å². The molecular formula is C14H23NO3. The third-order valence-corrected chi connectivity index (χ3v) is 4.75. The number of amides is 1. The molecule has 0 saturated heterocycles. The summed E-state index contributed by atoms with van der Waals surface area (Å²) in [6.45, 7) is 4.38. The van der Waals surface area contributed by atoms with E-state index in [-0.39, 0.29) is 6.04 Å². The van der Waals surface area contributed by atoms with Crippen molar-refractivity contribution in [2.45, 2.75) is 64.0 Å². The van der Waals surface area contributed by atoms with E-state index in [1.165, 1.54) is 0 Å². The lowest BCUT2D eigenvalue weighted by atomic mass is 9.72. The molecule has 2 fully saturated rings. The fraction of sp³-hybridized carbons (Fsp3) is 0.857. The predicted molar refractivity (Wildman–Crippen MR) is 68.1 cm³/mol. The van der Waals surface area contributed by atoms with E-state index in [1.54, 1.807) is 4.90 Å². The van der Waals surface area contributed by atoms with Crippen LogP contribution in [0, 0.1) is 11.8 Å². The third-order valence-electron chi connectivity index (χ3n) is 4.75. The van der Waals surface area contributed by atoms with E-state index in [1.807, 2.05) is 0 Å². The average Bonchev–Trinajstić information content (AvgIpc) is 3.14. The smallest absolute Gasteiger partial charge is 0.329 e. The van der Waals surface area contributed by atoms with Crippen molar-refractivity contribution < 1.29 is 14.7 Å². The summed E-state index contributed by atoms with van der Waals surface area (Å²) in [6.07, 6.45) is 5.74. The molecule has 4 heteroatoms. The molecule has 2 aliphatic carbocycles. The van der Waals surface area contributed by atoms with Gasteiger partial charge < -0.3 is 10.0 Å². The Morgan fingerprint density at radius 2 is 1.83 bits per heavy atom. The van der Waals surface area contributed by atoms with Crippen molar-refractivity contribution in [2.24, 2.45) is 11.8 Å². The topological polar surface area (TPSA) is 57.6 Å². The first-order valence-electron chi connectivity index (χ1n) is 6.98. The van der Waals surface area contributed by atoms with Crippen LogP contribution in [0.1, 0.15) is 52.4 Å². The molecule has 2 saturated carbocycles. The van der Waals surface area contributed by atoms with Gasteiger partial charge in [0, 0.05) is 6.04 Å². The molecule has 0 aromatic heterocycles. The minimum atomic E-state index is -0.922. The molecule has 0 heterocycles. The zero-order chi connectivity index (χ0) is 13.3. The lowest BCUT2D eigenvalue weighted by molar-refractivity contribution is -0.159. The van der Waals surface area contributed by atoms with Crippen LogP contribution in [0.25, 0.3) is 0 Å². The third kappa shape index (κ3) is 2.25. The summed E-state index contributed by atoms with van der Waals surface area (Å²) in [6, 6.07) is 0.175. The van der Waals surface area contributed by atoms with Gasteiger partial charge in [-0.05, 0) is 50.4 Å². The molecule has 18 heavy (non-hydrogen) atoms. The molecule has 1 N–H and O–H groups in total. The molecule has 2 aliphatic rings. The Morgan fingerprint density at radius 1 is 1.28 bits per heavy atom. The SMILES string of the molecule is CC(C)C1CCC(C(=O)O)(N(C=O)C2CC2)CC1. The number of carboxylic acid groups (broad SMARTS) is 1. The molecule has 0 aromatic carbocycles. The second-order valence-corrected chi connectivity index (χ2v) is 6.16. The molecule has 0 aliphatic heterocycles. The molecule has 4 nitrogen and oxygen atoms in total. The molecule has 0 radical (unpaired) electrons. The number of nitrogens with zero attached hydrogens (tertiary/aromatic N) is 1. The van der Waals surface area contributed by atoms with Crippen molar-refractivity contribution in [3.63, 3.8) is 0 Å². The van der Waals surface area contributed by atoms with Crippen LogP contribution in [0.3, 0.4) is 0 Å². The van der Waals surface area contributed by atoms with Gasteiger partial charge in [-0.3, -0.25) is 4.79 Å². The monoisotopic (exact) mass is 253 g/mol. The second kappa shape index (κ2) is 4.90. The molecule has 0 spiro atoms. The van der Waals surface area contributed by atoms with Gasteiger partial charge in [0.15, 0.2) is 0 Å². The molecule has 0 unspecified atom stereocenters. The number of carboxylic acids is 1. The van der Waals surface area contributed by atoms with Crippen LogP contribution < -0.4 is 0 Å². The van der Waals surface area contributed by atoms with Crippen LogP contribution in [0.15, 0.2) is 0 Å². The zero-order valence-corrected chi connectivity index (χ0v) is 11.3. The summed E-state index contributed by atoms with van der Waals surface area (Å²) in [4.78, 5) is 24.6. The highest BCUT2D eigenvalue weighted by molar-refractivity contribution is 5.82. The van der Waals surface area contributed by atoms with Gasteiger partial charge in [-0.15, -0.1) is 0 Å². The fourth-order valence-corrected chi connectivity index (χ4v) is 3.26. The van der Waals surface area contributed by atoms with E-state index in [0.29, 0.717) is 24.7 Å². The molecule has 0 atom stereocenters. The van der Waals surface area contributed by atoms with Gasteiger partial charge in [0.25, 0.3) is 0 Å². The normalized spacial score (nSPS) is 32.3. The minimum absolute atomic E-state index is 0.175. The number of carbonyl (C=O) groups is 2. The highest BCUT2D eigenvalue weighted by Crippen LogP contribution is 2.43. The van der Waals surface area contributed by atoms with Crippen LogP contribution >= 0.6 is 0 Å². The summed E-state index contributed by atoms with van der Waals surface area (Å²) in [5, 5.41) is 9.59. The highest BCUT2D eigenvalue weighted by atomic mass is 16.4. The van der Waals surface area contributed by atoms with E-state index in [2.05, 4.69) is 13.8 Å². The number of carbonyl (C=O) groups excluding carboxylic acids is 1. The predicted octanol–water partition coefficient (Wildman–Crippen LogP) is 2.28. The maximum Gasteiger partial charge on any atom is 0.329 e. The van der Waals surface area contributed by atoms with Crippen LogP contribution in [0.2, 0.25) is 0 Å². The number of rotatable bonds is 5. The van der Waals surface area contributed by atoms with Crippen molar-refractivity contribution in [3.05, 3.63) is 0 Å². The Bertz CT molecular complexity index is 328. The number of hydrogen-bond acceptors (Lipinski definition) is 2. The van der Waals surface area contributed by atoms with E-state index in [9.17, 15) is 14.7 Å². The van der Waals surface area contributed by atoms with Crippen LogP contribution in [0.4, 0.5) is 0 Å². The maximum absolute atomic E-state index is 11.7. The van der Waals surface area contributed by atoms with E-state index in [4.69, 9.17) is 0 Å². The van der Waals surface area contributed by atoms with Gasteiger partial charge in [0.05, 0.1) is 0 Å². The summed E-state index contributed by atoms with van der Waals surface area (Å²) < 4.78 is 0. The molecule has 102 valence electrons. The van der Waals surface area contributed by atoms with Crippen molar-refractivity contribution in [3.8, 4) is 0 Å². The number of hydrogen-bond donors (Lipinski definition) is 1. The molecular weight excluding hydrogens is 230 g/mol. The van der Waals surface area contributed by atoms with E-state index in [0.717, 1.165) is 32.1 Å². The summed E-state index contributed by atoms with van der Waals surface area (Å²) in [7, 11) is 0. The van der Waals surface area contributed by atoms with Gasteiger partial charge in [-0.2, -0.15) is 0 Å². The Morgan fingerprint density at radius 3 is 2.17 bits per heavy atom. The number of aliphatic carboxylic acids is 1. The first kappa shape index (κ1) is 13.4. The molecule has 0 bridgehead atoms. The van der Waals surface area contributed by atoms with E-state index < -0.39 is 11.5 Å². The minimum Gasteiger partial charge on any atom is -0.479 e. The van der Waals surface area contributed by atoms with Crippen molar-refractivity contribution in [1.29, 1.82) is 0 Å². The highest BCUT2D eigenvalue weighted by Gasteiger charge is 2.51.